The maximum atomic E-state index is 4.43. The highest BCUT2D eigenvalue weighted by atomic mass is 32.1. The minimum Gasteiger partial charge on any atom is -0.237 e. The fourth-order valence-corrected chi connectivity index (χ4v) is 1.99. The maximum absolute atomic E-state index is 4.43. The molecule has 13 heavy (non-hydrogen) atoms. The van der Waals surface area contributed by atoms with Gasteiger partial charge in [-0.25, -0.2) is 4.98 Å². The highest BCUT2D eigenvalue weighted by molar-refractivity contribution is 7.19. The molecule has 0 aliphatic heterocycles. The van der Waals surface area contributed by atoms with Gasteiger partial charge in [0.25, 0.3) is 0 Å². The van der Waals surface area contributed by atoms with E-state index in [4.69, 9.17) is 0 Å². The molecule has 0 radical (unpaired) electrons. The number of allylic oxidation sites excluding steroid dienone is 2. The smallest absolute Gasteiger partial charge is 0.117 e. The van der Waals surface area contributed by atoms with Gasteiger partial charge in [-0.2, -0.15) is 0 Å². The number of para-hydroxylation sites is 1. The Morgan fingerprint density at radius 1 is 1.31 bits per heavy atom. The molecule has 0 amide bonds. The van der Waals surface area contributed by atoms with Crippen LogP contribution in [0.15, 0.2) is 43.0 Å². The first kappa shape index (κ1) is 8.20. The molecule has 1 aromatic heterocycles. The monoisotopic (exact) mass is 187 g/mol. The van der Waals surface area contributed by atoms with Crippen molar-refractivity contribution in [3.05, 3.63) is 48.0 Å². The van der Waals surface area contributed by atoms with Crippen molar-refractivity contribution < 1.29 is 0 Å². The average molecular weight is 187 g/mol. The van der Waals surface area contributed by atoms with E-state index in [0.717, 1.165) is 10.5 Å². The van der Waals surface area contributed by atoms with Gasteiger partial charge >= 0.3 is 0 Å². The van der Waals surface area contributed by atoms with Crippen molar-refractivity contribution >= 4 is 27.6 Å². The molecule has 0 aliphatic rings. The summed E-state index contributed by atoms with van der Waals surface area (Å²) in [6, 6.07) is 8.14. The van der Waals surface area contributed by atoms with E-state index in [2.05, 4.69) is 17.6 Å². The van der Waals surface area contributed by atoms with Crippen LogP contribution < -0.4 is 0 Å². The highest BCUT2D eigenvalue weighted by Crippen LogP contribution is 2.22. The Hall–Kier alpha value is -1.41. The van der Waals surface area contributed by atoms with Crippen LogP contribution in [0, 0.1) is 0 Å². The Kier molecular flexibility index (Phi) is 2.23. The van der Waals surface area contributed by atoms with E-state index >= 15 is 0 Å². The van der Waals surface area contributed by atoms with Crippen molar-refractivity contribution in [3.8, 4) is 0 Å². The minimum absolute atomic E-state index is 1.03. The summed E-state index contributed by atoms with van der Waals surface area (Å²) in [6.07, 6.45) is 5.63. The molecule has 1 nitrogen and oxygen atoms in total. The number of benzene rings is 1. The highest BCUT2D eigenvalue weighted by Gasteiger charge is 1.97. The normalized spacial score (nSPS) is 11.1. The van der Waals surface area contributed by atoms with Gasteiger partial charge in [0.05, 0.1) is 10.2 Å². The van der Waals surface area contributed by atoms with Gasteiger partial charge in [0.15, 0.2) is 0 Å². The molecule has 2 heteroatoms. The van der Waals surface area contributed by atoms with E-state index in [1.807, 2.05) is 30.4 Å². The van der Waals surface area contributed by atoms with Crippen molar-refractivity contribution in [2.75, 3.05) is 0 Å². The van der Waals surface area contributed by atoms with Gasteiger partial charge in [-0.05, 0) is 18.2 Å². The van der Waals surface area contributed by atoms with Crippen molar-refractivity contribution in [2.24, 2.45) is 0 Å². The van der Waals surface area contributed by atoms with Crippen LogP contribution in [0.4, 0.5) is 0 Å². The van der Waals surface area contributed by atoms with Crippen LogP contribution in [0.25, 0.3) is 16.3 Å². The molecule has 0 saturated heterocycles. The first-order chi connectivity index (χ1) is 6.40. The summed E-state index contributed by atoms with van der Waals surface area (Å²) in [7, 11) is 0. The number of thiazole rings is 1. The quantitative estimate of drug-likeness (QED) is 0.656. The van der Waals surface area contributed by atoms with Gasteiger partial charge in [-0.1, -0.05) is 30.9 Å². The molecule has 1 heterocycles. The predicted molar refractivity (Wildman–Crippen MR) is 58.9 cm³/mol. The average Bonchev–Trinajstić information content (AvgIpc) is 2.57. The molecular formula is C11H9NS. The standard InChI is InChI=1S/C11H9NS/c1-2-3-8-11-12-9-6-4-5-7-10(9)13-11/h2-8H,1H2. The molecule has 0 atom stereocenters. The van der Waals surface area contributed by atoms with Crippen LogP contribution in [0.5, 0.6) is 0 Å². The van der Waals surface area contributed by atoms with Crippen LogP contribution in [-0.4, -0.2) is 4.98 Å². The molecule has 0 fully saturated rings. The zero-order valence-electron chi connectivity index (χ0n) is 7.10. The van der Waals surface area contributed by atoms with E-state index in [9.17, 15) is 0 Å². The van der Waals surface area contributed by atoms with Gasteiger partial charge in [-0.15, -0.1) is 11.3 Å². The van der Waals surface area contributed by atoms with E-state index < -0.39 is 0 Å². The summed E-state index contributed by atoms with van der Waals surface area (Å²) in [5, 5.41) is 1.03. The van der Waals surface area contributed by atoms with Gasteiger partial charge in [0, 0.05) is 0 Å². The van der Waals surface area contributed by atoms with Gasteiger partial charge in [0.1, 0.15) is 5.01 Å². The van der Waals surface area contributed by atoms with Crippen molar-refractivity contribution in [1.29, 1.82) is 0 Å². The zero-order chi connectivity index (χ0) is 9.10. The molecule has 0 unspecified atom stereocenters. The summed E-state index contributed by atoms with van der Waals surface area (Å²) in [5.74, 6) is 0. The summed E-state index contributed by atoms with van der Waals surface area (Å²) >= 11 is 1.69. The first-order valence-corrected chi connectivity index (χ1v) is 4.86. The summed E-state index contributed by atoms with van der Waals surface area (Å²) < 4.78 is 1.23. The van der Waals surface area contributed by atoms with E-state index in [-0.39, 0.29) is 0 Å². The summed E-state index contributed by atoms with van der Waals surface area (Å²) in [4.78, 5) is 4.43. The molecule has 0 bridgehead atoms. The molecule has 1 aromatic carbocycles. The number of fused-ring (bicyclic) bond motifs is 1. The van der Waals surface area contributed by atoms with Gasteiger partial charge < -0.3 is 0 Å². The number of hydrogen-bond acceptors (Lipinski definition) is 2. The lowest BCUT2D eigenvalue weighted by Crippen LogP contribution is -1.66. The minimum atomic E-state index is 1.03. The predicted octanol–water partition coefficient (Wildman–Crippen LogP) is 3.50. The van der Waals surface area contributed by atoms with E-state index in [1.54, 1.807) is 17.4 Å². The third-order valence-corrected chi connectivity index (χ3v) is 2.69. The number of nitrogens with zero attached hydrogens (tertiary/aromatic N) is 1. The Morgan fingerprint density at radius 3 is 2.92 bits per heavy atom. The summed E-state index contributed by atoms with van der Waals surface area (Å²) in [5.41, 5.74) is 1.07. The van der Waals surface area contributed by atoms with Crippen LogP contribution in [0.3, 0.4) is 0 Å². The fourth-order valence-electron chi connectivity index (χ4n) is 1.11. The maximum Gasteiger partial charge on any atom is 0.117 e. The van der Waals surface area contributed by atoms with Crippen LogP contribution in [0.1, 0.15) is 5.01 Å². The van der Waals surface area contributed by atoms with E-state index in [0.29, 0.717) is 0 Å². The van der Waals surface area contributed by atoms with Crippen LogP contribution >= 0.6 is 11.3 Å². The fraction of sp³-hybridized carbons (Fsp3) is 0. The molecule has 0 saturated carbocycles. The molecular weight excluding hydrogens is 178 g/mol. The lowest BCUT2D eigenvalue weighted by Gasteiger charge is -1.80. The Balaban J connectivity index is 2.49. The van der Waals surface area contributed by atoms with E-state index in [1.165, 1.54) is 4.70 Å². The molecule has 0 N–H and O–H groups in total. The van der Waals surface area contributed by atoms with Crippen molar-refractivity contribution in [2.45, 2.75) is 0 Å². The molecule has 64 valence electrons. The number of rotatable bonds is 2. The SMILES string of the molecule is C=CC=Cc1nc2ccccc2s1. The number of hydrogen-bond donors (Lipinski definition) is 0. The lowest BCUT2D eigenvalue weighted by molar-refractivity contribution is 1.46. The largest absolute Gasteiger partial charge is 0.237 e. The lowest BCUT2D eigenvalue weighted by atomic mass is 10.3. The van der Waals surface area contributed by atoms with Gasteiger partial charge in [0.2, 0.25) is 0 Å². The van der Waals surface area contributed by atoms with Crippen LogP contribution in [-0.2, 0) is 0 Å². The second kappa shape index (κ2) is 3.54. The van der Waals surface area contributed by atoms with Crippen LogP contribution in [0.2, 0.25) is 0 Å². The number of aromatic nitrogens is 1. The second-order valence-electron chi connectivity index (χ2n) is 2.61. The third-order valence-electron chi connectivity index (χ3n) is 1.69. The molecule has 2 aromatic rings. The molecule has 0 aliphatic carbocycles. The first-order valence-electron chi connectivity index (χ1n) is 4.05. The Morgan fingerprint density at radius 2 is 2.15 bits per heavy atom. The summed E-state index contributed by atoms with van der Waals surface area (Å²) in [6.45, 7) is 3.62. The third kappa shape index (κ3) is 1.68. The topological polar surface area (TPSA) is 12.9 Å². The molecule has 0 spiro atoms. The van der Waals surface area contributed by atoms with Gasteiger partial charge in [-0.3, -0.25) is 0 Å². The Labute approximate surface area is 81.1 Å². The van der Waals surface area contributed by atoms with Crippen molar-refractivity contribution in [3.63, 3.8) is 0 Å². The molecule has 2 rings (SSSR count). The zero-order valence-corrected chi connectivity index (χ0v) is 7.92. The van der Waals surface area contributed by atoms with Crippen molar-refractivity contribution in [1.82, 2.24) is 4.98 Å². The second-order valence-corrected chi connectivity index (χ2v) is 3.68. The Bertz CT molecular complexity index is 421.